The SMILES string of the molecule is CC(C)(O[Si](C)(C)C)c1noc(C(=O)c2ccccc2Cl)c1-c1nnn(Cc2cc(C(F)(F)F)cc(C(F)(F)F)c2)c1-c1ccncc1. The summed E-state index contributed by atoms with van der Waals surface area (Å²) in [5, 5.41) is 12.9. The minimum Gasteiger partial charge on any atom is -0.407 e. The molecule has 0 saturated carbocycles. The van der Waals surface area contributed by atoms with Crippen molar-refractivity contribution < 1.29 is 40.1 Å². The van der Waals surface area contributed by atoms with Crippen LogP contribution >= 0.6 is 11.6 Å². The highest BCUT2D eigenvalue weighted by Crippen LogP contribution is 2.42. The number of hydrogen-bond donors (Lipinski definition) is 0. The maximum Gasteiger partial charge on any atom is 0.416 e. The highest BCUT2D eigenvalue weighted by Gasteiger charge is 2.40. The number of carbonyl (C=O) groups is 1. The van der Waals surface area contributed by atoms with Crippen LogP contribution in [0.5, 0.6) is 0 Å². The van der Waals surface area contributed by atoms with Crippen molar-refractivity contribution in [1.29, 1.82) is 0 Å². The van der Waals surface area contributed by atoms with Gasteiger partial charge in [-0.05, 0) is 81.5 Å². The number of benzene rings is 2. The lowest BCUT2D eigenvalue weighted by Gasteiger charge is -2.32. The molecular formula is C32H28ClF6N5O3Si. The van der Waals surface area contributed by atoms with Crippen molar-refractivity contribution >= 4 is 25.7 Å². The zero-order chi connectivity index (χ0) is 35.2. The zero-order valence-electron chi connectivity index (χ0n) is 26.2. The minimum absolute atomic E-state index is 0.0168. The second-order valence-electron chi connectivity index (χ2n) is 12.4. The zero-order valence-corrected chi connectivity index (χ0v) is 27.9. The molecule has 0 aliphatic heterocycles. The summed E-state index contributed by atoms with van der Waals surface area (Å²) in [7, 11) is -2.28. The average molecular weight is 708 g/mol. The lowest BCUT2D eigenvalue weighted by atomic mass is 9.93. The van der Waals surface area contributed by atoms with Crippen molar-refractivity contribution in [1.82, 2.24) is 25.1 Å². The van der Waals surface area contributed by atoms with Crippen LogP contribution in [0.15, 0.2) is 71.5 Å². The average Bonchev–Trinajstić information content (AvgIpc) is 3.60. The molecule has 0 N–H and O–H groups in total. The van der Waals surface area contributed by atoms with E-state index in [-0.39, 0.29) is 50.6 Å². The maximum absolute atomic E-state index is 14.0. The van der Waals surface area contributed by atoms with Gasteiger partial charge in [-0.1, -0.05) is 34.1 Å². The van der Waals surface area contributed by atoms with E-state index in [9.17, 15) is 31.1 Å². The largest absolute Gasteiger partial charge is 0.416 e. The third-order valence-corrected chi connectivity index (χ3v) is 8.51. The number of rotatable bonds is 9. The molecule has 2 aromatic carbocycles. The Morgan fingerprint density at radius 1 is 0.938 bits per heavy atom. The van der Waals surface area contributed by atoms with Crippen molar-refractivity contribution in [3.05, 3.63) is 106 Å². The van der Waals surface area contributed by atoms with E-state index in [0.717, 1.165) is 4.68 Å². The van der Waals surface area contributed by atoms with Crippen LogP contribution in [0.3, 0.4) is 0 Å². The van der Waals surface area contributed by atoms with Gasteiger partial charge in [-0.3, -0.25) is 9.78 Å². The van der Waals surface area contributed by atoms with Crippen LogP contribution in [0.1, 0.15) is 52.3 Å². The van der Waals surface area contributed by atoms with Gasteiger partial charge in [0.2, 0.25) is 11.5 Å². The Hall–Kier alpha value is -4.34. The van der Waals surface area contributed by atoms with Gasteiger partial charge in [0.1, 0.15) is 11.4 Å². The van der Waals surface area contributed by atoms with E-state index in [1.807, 2.05) is 19.6 Å². The van der Waals surface area contributed by atoms with Crippen molar-refractivity contribution in [3.63, 3.8) is 0 Å². The molecule has 0 radical (unpaired) electrons. The Bertz CT molecular complexity index is 1940. The van der Waals surface area contributed by atoms with Gasteiger partial charge in [-0.25, -0.2) is 4.68 Å². The smallest absolute Gasteiger partial charge is 0.407 e. The number of carbonyl (C=O) groups excluding carboxylic acids is 1. The monoisotopic (exact) mass is 707 g/mol. The highest BCUT2D eigenvalue weighted by molar-refractivity contribution is 6.69. The summed E-state index contributed by atoms with van der Waals surface area (Å²) < 4.78 is 95.4. The first kappa shape index (κ1) is 35.0. The standard InChI is InChI=1S/C32H28ClF6N5O3Si/c1-30(2,47-48(3,4)5)29-24(28(46-42-29)27(45)22-8-6-7-9-23(22)33)25-26(19-10-12-40-13-11-19)44(43-41-25)17-18-14-20(31(34,35)36)16-21(15-18)32(37,38)39/h6-16H,17H2,1-5H3. The van der Waals surface area contributed by atoms with Crippen LogP contribution < -0.4 is 0 Å². The molecule has 0 saturated heterocycles. The molecule has 5 aromatic rings. The third kappa shape index (κ3) is 7.37. The summed E-state index contributed by atoms with van der Waals surface area (Å²) in [6.45, 7) is 8.76. The fourth-order valence-electron chi connectivity index (χ4n) is 5.33. The molecule has 0 spiro atoms. The van der Waals surface area contributed by atoms with Crippen molar-refractivity contribution in [2.45, 2.75) is 58.0 Å². The van der Waals surface area contributed by atoms with Crippen LogP contribution in [0, 0.1) is 0 Å². The molecule has 8 nitrogen and oxygen atoms in total. The number of ketones is 1. The van der Waals surface area contributed by atoms with Crippen LogP contribution in [0.25, 0.3) is 22.5 Å². The first-order chi connectivity index (χ1) is 22.3. The van der Waals surface area contributed by atoms with Crippen LogP contribution in [0.2, 0.25) is 24.7 Å². The fourth-order valence-corrected chi connectivity index (χ4v) is 7.18. The van der Waals surface area contributed by atoms with Gasteiger partial charge in [-0.15, -0.1) is 5.10 Å². The van der Waals surface area contributed by atoms with E-state index in [4.69, 9.17) is 20.6 Å². The predicted molar refractivity (Wildman–Crippen MR) is 167 cm³/mol. The molecule has 5 rings (SSSR count). The Kier molecular flexibility index (Phi) is 9.18. The molecule has 0 bridgehead atoms. The summed E-state index contributed by atoms with van der Waals surface area (Å²) in [6, 6.07) is 10.7. The minimum atomic E-state index is -5.05. The topological polar surface area (TPSA) is 95.9 Å². The maximum atomic E-state index is 14.0. The lowest BCUT2D eigenvalue weighted by Crippen LogP contribution is -2.37. The Morgan fingerprint density at radius 3 is 2.10 bits per heavy atom. The van der Waals surface area contributed by atoms with Gasteiger partial charge in [0, 0.05) is 23.5 Å². The quantitative estimate of drug-likeness (QED) is 0.0857. The van der Waals surface area contributed by atoms with Gasteiger partial charge in [0.15, 0.2) is 8.32 Å². The van der Waals surface area contributed by atoms with Gasteiger partial charge in [-0.2, -0.15) is 26.3 Å². The molecular weight excluding hydrogens is 680 g/mol. The number of pyridine rings is 1. The Morgan fingerprint density at radius 2 is 1.54 bits per heavy atom. The molecule has 16 heteroatoms. The lowest BCUT2D eigenvalue weighted by molar-refractivity contribution is -0.143. The third-order valence-electron chi connectivity index (χ3n) is 7.05. The summed E-state index contributed by atoms with van der Waals surface area (Å²) in [4.78, 5) is 18.0. The molecule has 0 aliphatic carbocycles. The molecule has 252 valence electrons. The number of nitrogens with zero attached hydrogens (tertiary/aromatic N) is 5. The van der Waals surface area contributed by atoms with Crippen molar-refractivity contribution in [2.24, 2.45) is 0 Å². The molecule has 0 amide bonds. The van der Waals surface area contributed by atoms with E-state index in [1.165, 1.54) is 24.5 Å². The molecule has 3 aromatic heterocycles. The van der Waals surface area contributed by atoms with E-state index < -0.39 is 49.7 Å². The Balaban J connectivity index is 1.77. The van der Waals surface area contributed by atoms with Crippen molar-refractivity contribution in [2.75, 3.05) is 0 Å². The van der Waals surface area contributed by atoms with Gasteiger partial charge in [0.25, 0.3) is 0 Å². The summed E-state index contributed by atoms with van der Waals surface area (Å²) >= 11 is 6.36. The number of hydrogen-bond acceptors (Lipinski definition) is 7. The second-order valence-corrected chi connectivity index (χ2v) is 17.2. The van der Waals surface area contributed by atoms with Gasteiger partial charge in [0.05, 0.1) is 39.6 Å². The van der Waals surface area contributed by atoms with Crippen LogP contribution in [-0.2, 0) is 28.9 Å². The molecule has 0 atom stereocenters. The Labute approximate surface area is 276 Å². The van der Waals surface area contributed by atoms with E-state index in [1.54, 1.807) is 38.1 Å². The normalized spacial score (nSPS) is 12.8. The molecule has 0 unspecified atom stereocenters. The molecule has 0 fully saturated rings. The van der Waals surface area contributed by atoms with Gasteiger partial charge < -0.3 is 8.95 Å². The fraction of sp³-hybridized carbons (Fsp3) is 0.281. The number of halogens is 7. The number of aromatic nitrogens is 5. The first-order valence-corrected chi connectivity index (χ1v) is 18.2. The van der Waals surface area contributed by atoms with E-state index in [2.05, 4.69) is 20.5 Å². The highest BCUT2D eigenvalue weighted by atomic mass is 35.5. The second kappa shape index (κ2) is 12.6. The van der Waals surface area contributed by atoms with Gasteiger partial charge >= 0.3 is 12.4 Å². The first-order valence-electron chi connectivity index (χ1n) is 14.4. The van der Waals surface area contributed by atoms with Crippen LogP contribution in [0.4, 0.5) is 26.3 Å². The summed E-state index contributed by atoms with van der Waals surface area (Å²) in [5.74, 6) is -0.924. The van der Waals surface area contributed by atoms with E-state index in [0.29, 0.717) is 17.7 Å². The summed E-state index contributed by atoms with van der Waals surface area (Å²) in [5.41, 5.74) is -3.58. The molecule has 48 heavy (non-hydrogen) atoms. The predicted octanol–water partition coefficient (Wildman–Crippen LogP) is 9.05. The number of alkyl halides is 6. The van der Waals surface area contributed by atoms with Crippen LogP contribution in [-0.4, -0.2) is 39.2 Å². The molecule has 0 aliphatic rings. The molecule has 3 heterocycles. The van der Waals surface area contributed by atoms with Crippen molar-refractivity contribution in [3.8, 4) is 22.5 Å². The van der Waals surface area contributed by atoms with E-state index >= 15 is 0 Å². The summed E-state index contributed by atoms with van der Waals surface area (Å²) in [6.07, 6.45) is -7.23.